The Morgan fingerprint density at radius 3 is 2.83 bits per heavy atom. The molecule has 0 spiro atoms. The average Bonchev–Trinajstić information content (AvgIpc) is 2.36. The average molecular weight is 318 g/mol. The molecule has 1 rings (SSSR count). The van der Waals surface area contributed by atoms with Gasteiger partial charge in [0, 0.05) is 10.5 Å². The van der Waals surface area contributed by atoms with Crippen molar-refractivity contribution in [1.29, 1.82) is 0 Å². The number of rotatable bonds is 5. The van der Waals surface area contributed by atoms with Crippen molar-refractivity contribution in [2.75, 3.05) is 0 Å². The SMILES string of the molecule is CCC(Oc1ccc(Br)cc1[N+](=O)[O-])C(=O)NN. The largest absolute Gasteiger partial charge is 0.473 e. The van der Waals surface area contributed by atoms with Crippen LogP contribution >= 0.6 is 15.9 Å². The Morgan fingerprint density at radius 2 is 2.33 bits per heavy atom. The Labute approximate surface area is 112 Å². The molecule has 98 valence electrons. The van der Waals surface area contributed by atoms with Crippen LogP contribution in [0.3, 0.4) is 0 Å². The van der Waals surface area contributed by atoms with Crippen molar-refractivity contribution in [3.8, 4) is 5.75 Å². The van der Waals surface area contributed by atoms with Gasteiger partial charge in [-0.25, -0.2) is 5.84 Å². The van der Waals surface area contributed by atoms with Crippen molar-refractivity contribution < 1.29 is 14.5 Å². The van der Waals surface area contributed by atoms with Gasteiger partial charge in [0.1, 0.15) is 0 Å². The lowest BCUT2D eigenvalue weighted by molar-refractivity contribution is -0.386. The van der Waals surface area contributed by atoms with Gasteiger partial charge in [-0.1, -0.05) is 22.9 Å². The fraction of sp³-hybridized carbons (Fsp3) is 0.300. The highest BCUT2D eigenvalue weighted by Crippen LogP contribution is 2.31. The van der Waals surface area contributed by atoms with Gasteiger partial charge in [-0.05, 0) is 18.6 Å². The highest BCUT2D eigenvalue weighted by atomic mass is 79.9. The van der Waals surface area contributed by atoms with Gasteiger partial charge in [0.05, 0.1) is 4.92 Å². The molecule has 1 unspecified atom stereocenters. The van der Waals surface area contributed by atoms with Crippen molar-refractivity contribution in [2.45, 2.75) is 19.4 Å². The maximum Gasteiger partial charge on any atom is 0.312 e. The number of nitrogens with two attached hydrogens (primary N) is 1. The zero-order valence-electron chi connectivity index (χ0n) is 9.55. The Morgan fingerprint density at radius 1 is 1.67 bits per heavy atom. The van der Waals surface area contributed by atoms with Crippen LogP contribution in [0, 0.1) is 10.1 Å². The lowest BCUT2D eigenvalue weighted by Crippen LogP contribution is -2.41. The number of nitro groups is 1. The fourth-order valence-electron chi connectivity index (χ4n) is 1.30. The molecule has 18 heavy (non-hydrogen) atoms. The van der Waals surface area contributed by atoms with E-state index in [-0.39, 0.29) is 11.4 Å². The van der Waals surface area contributed by atoms with E-state index in [1.807, 2.05) is 5.43 Å². The van der Waals surface area contributed by atoms with Crippen molar-refractivity contribution >= 4 is 27.5 Å². The van der Waals surface area contributed by atoms with E-state index in [9.17, 15) is 14.9 Å². The van der Waals surface area contributed by atoms with Gasteiger partial charge in [-0.3, -0.25) is 20.3 Å². The minimum atomic E-state index is -0.866. The maximum absolute atomic E-state index is 11.4. The Kier molecular flexibility index (Phi) is 5.05. The Bertz CT molecular complexity index is 466. The highest BCUT2D eigenvalue weighted by molar-refractivity contribution is 9.10. The second-order valence-electron chi connectivity index (χ2n) is 3.39. The van der Waals surface area contributed by atoms with E-state index in [0.717, 1.165) is 0 Å². The molecule has 0 saturated heterocycles. The molecule has 0 aliphatic carbocycles. The Hall–Kier alpha value is -1.67. The minimum absolute atomic E-state index is 0.0265. The Balaban J connectivity index is 3.02. The molecule has 0 heterocycles. The first kappa shape index (κ1) is 14.4. The van der Waals surface area contributed by atoms with E-state index in [2.05, 4.69) is 15.9 Å². The third-order valence-corrected chi connectivity index (χ3v) is 2.69. The number of nitrogens with zero attached hydrogens (tertiary/aromatic N) is 1. The predicted molar refractivity (Wildman–Crippen MR) is 67.8 cm³/mol. The quantitative estimate of drug-likeness (QED) is 0.370. The van der Waals surface area contributed by atoms with Crippen molar-refractivity contribution in [2.24, 2.45) is 5.84 Å². The molecule has 0 aromatic heterocycles. The van der Waals surface area contributed by atoms with Gasteiger partial charge >= 0.3 is 5.69 Å². The number of nitro benzene ring substituents is 1. The lowest BCUT2D eigenvalue weighted by Gasteiger charge is -2.15. The second kappa shape index (κ2) is 6.31. The second-order valence-corrected chi connectivity index (χ2v) is 4.31. The van der Waals surface area contributed by atoms with Crippen molar-refractivity contribution in [3.05, 3.63) is 32.8 Å². The zero-order chi connectivity index (χ0) is 13.7. The molecule has 0 aliphatic rings. The number of carbonyl (C=O) groups excluding carboxylic acids is 1. The summed E-state index contributed by atoms with van der Waals surface area (Å²) in [6.07, 6.45) is -0.522. The number of hydrogen-bond donors (Lipinski definition) is 2. The zero-order valence-corrected chi connectivity index (χ0v) is 11.1. The summed E-state index contributed by atoms with van der Waals surface area (Å²) in [7, 11) is 0. The van der Waals surface area contributed by atoms with Crippen molar-refractivity contribution in [3.63, 3.8) is 0 Å². The predicted octanol–water partition coefficient (Wildman–Crippen LogP) is 1.50. The van der Waals surface area contributed by atoms with Crippen LogP contribution in [0.5, 0.6) is 5.75 Å². The summed E-state index contributed by atoms with van der Waals surface area (Å²) in [5.74, 6) is 4.50. The van der Waals surface area contributed by atoms with Crippen LogP contribution in [-0.4, -0.2) is 16.9 Å². The maximum atomic E-state index is 11.4. The smallest absolute Gasteiger partial charge is 0.312 e. The summed E-state index contributed by atoms with van der Waals surface area (Å²) in [6.45, 7) is 1.71. The standard InChI is InChI=1S/C10H12BrN3O4/c1-2-8(10(15)13-12)18-9-4-3-6(11)5-7(9)14(16)17/h3-5,8H,2,12H2,1H3,(H,13,15). The summed E-state index contributed by atoms with van der Waals surface area (Å²) in [4.78, 5) is 21.6. The van der Waals surface area contributed by atoms with Gasteiger partial charge in [0.2, 0.25) is 0 Å². The summed E-state index contributed by atoms with van der Waals surface area (Å²) in [5, 5.41) is 10.9. The molecule has 8 heteroatoms. The normalized spacial score (nSPS) is 11.7. The first-order valence-corrected chi connectivity index (χ1v) is 5.90. The van der Waals surface area contributed by atoms with Crippen LogP contribution in [0.2, 0.25) is 0 Å². The molecule has 1 amide bonds. The number of benzene rings is 1. The van der Waals surface area contributed by atoms with Gasteiger partial charge in [-0.15, -0.1) is 0 Å². The number of halogens is 1. The molecule has 0 radical (unpaired) electrons. The van der Waals surface area contributed by atoms with Crippen LogP contribution in [0.15, 0.2) is 22.7 Å². The minimum Gasteiger partial charge on any atom is -0.473 e. The summed E-state index contributed by atoms with van der Waals surface area (Å²) < 4.78 is 5.86. The van der Waals surface area contributed by atoms with Gasteiger partial charge in [0.25, 0.3) is 5.91 Å². The molecule has 0 aliphatic heterocycles. The number of hydrazine groups is 1. The van der Waals surface area contributed by atoms with Gasteiger partial charge < -0.3 is 4.74 Å². The van der Waals surface area contributed by atoms with Crippen LogP contribution < -0.4 is 16.0 Å². The van der Waals surface area contributed by atoms with Crippen LogP contribution in [-0.2, 0) is 4.79 Å². The first-order valence-electron chi connectivity index (χ1n) is 5.10. The number of amides is 1. The lowest BCUT2D eigenvalue weighted by atomic mass is 10.2. The molecular formula is C10H12BrN3O4. The number of carbonyl (C=O) groups is 1. The van der Waals surface area contributed by atoms with E-state index < -0.39 is 16.9 Å². The van der Waals surface area contributed by atoms with E-state index in [1.54, 1.807) is 13.0 Å². The molecular weight excluding hydrogens is 306 g/mol. The highest BCUT2D eigenvalue weighted by Gasteiger charge is 2.22. The van der Waals surface area contributed by atoms with Crippen LogP contribution in [0.1, 0.15) is 13.3 Å². The van der Waals surface area contributed by atoms with E-state index in [0.29, 0.717) is 10.9 Å². The third-order valence-electron chi connectivity index (χ3n) is 2.19. The van der Waals surface area contributed by atoms with Crippen molar-refractivity contribution in [1.82, 2.24) is 5.43 Å². The molecule has 0 fully saturated rings. The topological polar surface area (TPSA) is 107 Å². The van der Waals surface area contributed by atoms with Gasteiger partial charge in [-0.2, -0.15) is 0 Å². The van der Waals surface area contributed by atoms with Gasteiger partial charge in [0.15, 0.2) is 11.9 Å². The van der Waals surface area contributed by atoms with E-state index in [4.69, 9.17) is 10.6 Å². The summed E-state index contributed by atoms with van der Waals surface area (Å²) in [5.41, 5.74) is 1.74. The monoisotopic (exact) mass is 317 g/mol. The number of ether oxygens (including phenoxy) is 1. The fourth-order valence-corrected chi connectivity index (χ4v) is 1.65. The third kappa shape index (κ3) is 3.41. The van der Waals surface area contributed by atoms with E-state index >= 15 is 0 Å². The molecule has 1 aromatic carbocycles. The molecule has 1 aromatic rings. The molecule has 0 bridgehead atoms. The number of hydrogen-bond acceptors (Lipinski definition) is 5. The number of nitrogens with one attached hydrogen (secondary N) is 1. The van der Waals surface area contributed by atoms with Crippen LogP contribution in [0.25, 0.3) is 0 Å². The van der Waals surface area contributed by atoms with E-state index in [1.165, 1.54) is 12.1 Å². The summed E-state index contributed by atoms with van der Waals surface area (Å²) >= 11 is 3.13. The molecule has 0 saturated carbocycles. The molecule has 3 N–H and O–H groups in total. The van der Waals surface area contributed by atoms with Crippen LogP contribution in [0.4, 0.5) is 5.69 Å². The summed E-state index contributed by atoms with van der Waals surface area (Å²) in [6, 6.07) is 4.33. The molecule has 1 atom stereocenters. The molecule has 7 nitrogen and oxygen atoms in total. The first-order chi connectivity index (χ1) is 8.49.